The van der Waals surface area contributed by atoms with Crippen LogP contribution in [0.25, 0.3) is 0 Å². The molecule has 90 valence electrons. The summed E-state index contributed by atoms with van der Waals surface area (Å²) in [5.74, 6) is 0. The lowest BCUT2D eigenvalue weighted by atomic mass is 10.1. The van der Waals surface area contributed by atoms with Gasteiger partial charge in [-0.15, -0.1) is 0 Å². The molecule has 1 atom stereocenters. The molecule has 0 amide bonds. The van der Waals surface area contributed by atoms with Crippen molar-refractivity contribution in [3.8, 4) is 0 Å². The summed E-state index contributed by atoms with van der Waals surface area (Å²) in [5.41, 5.74) is 0.898. The van der Waals surface area contributed by atoms with Gasteiger partial charge in [0.15, 0.2) is 0 Å². The third-order valence-corrected chi connectivity index (χ3v) is 2.18. The van der Waals surface area contributed by atoms with Crippen LogP contribution in [0.1, 0.15) is 11.7 Å². The van der Waals surface area contributed by atoms with Crippen molar-refractivity contribution in [2.45, 2.75) is 6.10 Å². The lowest BCUT2D eigenvalue weighted by Crippen LogP contribution is -2.04. The van der Waals surface area contributed by atoms with Gasteiger partial charge in [0, 0.05) is 7.11 Å². The van der Waals surface area contributed by atoms with Gasteiger partial charge in [0.1, 0.15) is 6.10 Å². The molecule has 1 N–H and O–H groups in total. The molecular weight excluding hydrogens is 212 g/mol. The molecule has 17 heavy (non-hydrogen) atoms. The third kappa shape index (κ3) is 5.85. The molecule has 0 aliphatic heterocycles. The highest BCUT2D eigenvalue weighted by molar-refractivity contribution is 5.17. The topological polar surface area (TPSA) is 29.5 Å². The number of methoxy groups -OCH3 is 1. The summed E-state index contributed by atoms with van der Waals surface area (Å²) < 4.78 is 4.81. The van der Waals surface area contributed by atoms with Gasteiger partial charge >= 0.3 is 0 Å². The van der Waals surface area contributed by atoms with Crippen LogP contribution in [-0.2, 0) is 4.74 Å². The Kier molecular flexibility index (Phi) is 6.72. The van der Waals surface area contributed by atoms with Crippen LogP contribution in [0.15, 0.2) is 66.7 Å². The second-order valence-corrected chi connectivity index (χ2v) is 3.54. The first kappa shape index (κ1) is 13.4. The largest absolute Gasteiger partial charge is 0.386 e. The van der Waals surface area contributed by atoms with Crippen molar-refractivity contribution in [1.29, 1.82) is 0 Å². The highest BCUT2D eigenvalue weighted by atomic mass is 16.5. The smallest absolute Gasteiger partial charge is 0.102 e. The number of benzene rings is 2. The molecule has 2 heteroatoms. The molecule has 2 rings (SSSR count). The standard InChI is InChI=1S/C9H12O2.C6H6/c1-11-7-9(10)8-5-3-2-4-6-8;1-2-4-6-5-3-1/h2-6,9-10H,7H2,1H3;1-6H. The van der Waals surface area contributed by atoms with Crippen LogP contribution in [0.4, 0.5) is 0 Å². The summed E-state index contributed by atoms with van der Waals surface area (Å²) in [5, 5.41) is 9.40. The van der Waals surface area contributed by atoms with E-state index in [0.29, 0.717) is 6.61 Å². The molecule has 0 heterocycles. The van der Waals surface area contributed by atoms with Crippen LogP contribution in [0.2, 0.25) is 0 Å². The average Bonchev–Trinajstić information content (AvgIpc) is 2.43. The van der Waals surface area contributed by atoms with E-state index in [4.69, 9.17) is 4.74 Å². The van der Waals surface area contributed by atoms with E-state index in [2.05, 4.69) is 0 Å². The molecular formula is C15H18O2. The van der Waals surface area contributed by atoms with Crippen molar-refractivity contribution >= 4 is 0 Å². The maximum Gasteiger partial charge on any atom is 0.102 e. The van der Waals surface area contributed by atoms with Crippen molar-refractivity contribution in [2.75, 3.05) is 13.7 Å². The van der Waals surface area contributed by atoms with E-state index in [0.717, 1.165) is 5.56 Å². The van der Waals surface area contributed by atoms with Gasteiger partial charge in [0.25, 0.3) is 0 Å². The van der Waals surface area contributed by atoms with Crippen molar-refractivity contribution < 1.29 is 9.84 Å². The molecule has 2 aromatic rings. The molecule has 0 saturated carbocycles. The fraction of sp³-hybridized carbons (Fsp3) is 0.200. The monoisotopic (exact) mass is 230 g/mol. The van der Waals surface area contributed by atoms with E-state index >= 15 is 0 Å². The number of aliphatic hydroxyl groups excluding tert-OH is 1. The van der Waals surface area contributed by atoms with Crippen LogP contribution in [0.3, 0.4) is 0 Å². The maximum absolute atomic E-state index is 9.40. The highest BCUT2D eigenvalue weighted by Crippen LogP contribution is 2.11. The van der Waals surface area contributed by atoms with Gasteiger partial charge in [-0.05, 0) is 5.56 Å². The van der Waals surface area contributed by atoms with Crippen molar-refractivity contribution in [3.05, 3.63) is 72.3 Å². The van der Waals surface area contributed by atoms with Gasteiger partial charge in [-0.2, -0.15) is 0 Å². The lowest BCUT2D eigenvalue weighted by molar-refractivity contribution is 0.0644. The summed E-state index contributed by atoms with van der Waals surface area (Å²) in [6.07, 6.45) is -0.499. The molecule has 0 saturated heterocycles. The van der Waals surface area contributed by atoms with Crippen LogP contribution in [0.5, 0.6) is 0 Å². The lowest BCUT2D eigenvalue weighted by Gasteiger charge is -2.08. The summed E-state index contributed by atoms with van der Waals surface area (Å²) in [6, 6.07) is 21.5. The molecule has 2 aromatic carbocycles. The normalized spacial score (nSPS) is 11.2. The maximum atomic E-state index is 9.40. The van der Waals surface area contributed by atoms with Gasteiger partial charge in [0.2, 0.25) is 0 Å². The van der Waals surface area contributed by atoms with Crippen LogP contribution in [-0.4, -0.2) is 18.8 Å². The fourth-order valence-corrected chi connectivity index (χ4v) is 1.31. The number of hydrogen-bond acceptors (Lipinski definition) is 2. The predicted octanol–water partition coefficient (Wildman–Crippen LogP) is 3.05. The van der Waals surface area contributed by atoms with Crippen molar-refractivity contribution in [3.63, 3.8) is 0 Å². The first-order chi connectivity index (χ1) is 8.34. The molecule has 2 nitrogen and oxygen atoms in total. The minimum atomic E-state index is -0.499. The molecule has 0 aliphatic rings. The second kappa shape index (κ2) is 8.50. The Labute approximate surface area is 102 Å². The van der Waals surface area contributed by atoms with Gasteiger partial charge in [-0.25, -0.2) is 0 Å². The number of hydrogen-bond donors (Lipinski definition) is 1. The second-order valence-electron chi connectivity index (χ2n) is 3.54. The van der Waals surface area contributed by atoms with E-state index in [1.54, 1.807) is 7.11 Å². The van der Waals surface area contributed by atoms with Crippen LogP contribution >= 0.6 is 0 Å². The summed E-state index contributed by atoms with van der Waals surface area (Å²) in [4.78, 5) is 0. The zero-order valence-corrected chi connectivity index (χ0v) is 9.99. The Morgan fingerprint density at radius 1 is 0.882 bits per heavy atom. The molecule has 1 unspecified atom stereocenters. The van der Waals surface area contributed by atoms with E-state index in [9.17, 15) is 5.11 Å². The number of aliphatic hydroxyl groups is 1. The molecule has 0 aliphatic carbocycles. The Balaban J connectivity index is 0.000000202. The first-order valence-electron chi connectivity index (χ1n) is 5.56. The minimum Gasteiger partial charge on any atom is -0.386 e. The minimum absolute atomic E-state index is 0.351. The van der Waals surface area contributed by atoms with Gasteiger partial charge in [-0.1, -0.05) is 66.7 Å². The van der Waals surface area contributed by atoms with Crippen LogP contribution < -0.4 is 0 Å². The molecule has 0 fully saturated rings. The fourth-order valence-electron chi connectivity index (χ4n) is 1.31. The molecule has 0 spiro atoms. The first-order valence-corrected chi connectivity index (χ1v) is 5.56. The highest BCUT2D eigenvalue weighted by Gasteiger charge is 2.04. The molecule has 0 bridgehead atoms. The Morgan fingerprint density at radius 3 is 1.71 bits per heavy atom. The number of rotatable bonds is 3. The Morgan fingerprint density at radius 2 is 1.29 bits per heavy atom. The van der Waals surface area contributed by atoms with E-state index in [-0.39, 0.29) is 0 Å². The quantitative estimate of drug-likeness (QED) is 0.878. The summed E-state index contributed by atoms with van der Waals surface area (Å²) in [6.45, 7) is 0.351. The molecule has 0 radical (unpaired) electrons. The zero-order chi connectivity index (χ0) is 12.3. The van der Waals surface area contributed by atoms with Crippen molar-refractivity contribution in [2.24, 2.45) is 0 Å². The van der Waals surface area contributed by atoms with E-state index < -0.39 is 6.10 Å². The van der Waals surface area contributed by atoms with Gasteiger partial charge < -0.3 is 9.84 Å². The zero-order valence-electron chi connectivity index (χ0n) is 9.99. The Hall–Kier alpha value is -1.64. The molecule has 0 aromatic heterocycles. The van der Waals surface area contributed by atoms with Crippen molar-refractivity contribution in [1.82, 2.24) is 0 Å². The summed E-state index contributed by atoms with van der Waals surface area (Å²) >= 11 is 0. The third-order valence-electron chi connectivity index (χ3n) is 2.18. The number of ether oxygens (including phenoxy) is 1. The SMILES string of the molecule is COCC(O)c1ccccc1.c1ccccc1. The Bertz CT molecular complexity index is 346. The van der Waals surface area contributed by atoms with E-state index in [1.165, 1.54) is 0 Å². The predicted molar refractivity (Wildman–Crippen MR) is 69.7 cm³/mol. The van der Waals surface area contributed by atoms with Gasteiger partial charge in [0.05, 0.1) is 6.61 Å². The van der Waals surface area contributed by atoms with Gasteiger partial charge in [-0.3, -0.25) is 0 Å². The average molecular weight is 230 g/mol. The van der Waals surface area contributed by atoms with E-state index in [1.807, 2.05) is 66.7 Å². The summed E-state index contributed by atoms with van der Waals surface area (Å²) in [7, 11) is 1.58. The van der Waals surface area contributed by atoms with Crippen LogP contribution in [0, 0.1) is 0 Å².